The fourth-order valence-electron chi connectivity index (χ4n) is 3.18. The molecule has 0 saturated carbocycles. The molecular weight excluding hydrogens is 396 g/mol. The van der Waals surface area contributed by atoms with Crippen LogP contribution in [-0.4, -0.2) is 30.9 Å². The lowest BCUT2D eigenvalue weighted by molar-refractivity contribution is 0.0947. The summed E-state index contributed by atoms with van der Waals surface area (Å²) >= 11 is 0. The predicted octanol–water partition coefficient (Wildman–Crippen LogP) is 2.71. The summed E-state index contributed by atoms with van der Waals surface area (Å²) in [7, 11) is 0. The molecule has 156 valence electrons. The molecule has 0 bridgehead atoms. The molecule has 0 saturated heterocycles. The number of hydrogen-bond acceptors (Lipinski definition) is 7. The number of aryl methyl sites for hydroxylation is 2. The van der Waals surface area contributed by atoms with Crippen molar-refractivity contribution in [3.8, 4) is 5.75 Å². The van der Waals surface area contributed by atoms with Crippen LogP contribution in [-0.2, 0) is 6.54 Å². The van der Waals surface area contributed by atoms with Gasteiger partial charge in [0.05, 0.1) is 23.0 Å². The molecule has 0 aliphatic carbocycles. The first-order valence-corrected chi connectivity index (χ1v) is 9.57. The normalized spacial score (nSPS) is 10.8. The van der Waals surface area contributed by atoms with Gasteiger partial charge in [0, 0.05) is 17.1 Å². The van der Waals surface area contributed by atoms with Gasteiger partial charge in [-0.25, -0.2) is 15.0 Å². The second-order valence-corrected chi connectivity index (χ2v) is 7.04. The molecular formula is C22H20N6O3. The van der Waals surface area contributed by atoms with E-state index in [1.165, 1.54) is 12.1 Å². The van der Waals surface area contributed by atoms with Crippen molar-refractivity contribution in [1.29, 1.82) is 0 Å². The number of phenolic OH excluding ortho intramolecular Hbond substituents is 1. The van der Waals surface area contributed by atoms with Crippen LogP contribution >= 0.6 is 0 Å². The maximum atomic E-state index is 12.7. The smallest absolute Gasteiger partial charge is 0.258 e. The third-order valence-electron chi connectivity index (χ3n) is 4.56. The van der Waals surface area contributed by atoms with Gasteiger partial charge in [0.25, 0.3) is 11.5 Å². The van der Waals surface area contributed by atoms with Gasteiger partial charge in [-0.2, -0.15) is 0 Å². The fraction of sp³-hybridized carbons (Fsp3) is 0.136. The Bertz CT molecular complexity index is 1330. The molecule has 0 atom stereocenters. The van der Waals surface area contributed by atoms with Crippen LogP contribution in [0.4, 0.5) is 11.6 Å². The molecule has 0 aliphatic heterocycles. The van der Waals surface area contributed by atoms with E-state index in [1.54, 1.807) is 30.3 Å². The van der Waals surface area contributed by atoms with Gasteiger partial charge in [-0.1, -0.05) is 12.1 Å². The molecule has 4 N–H and O–H groups in total. The second kappa shape index (κ2) is 8.23. The number of rotatable bonds is 5. The van der Waals surface area contributed by atoms with Gasteiger partial charge in [-0.3, -0.25) is 9.59 Å². The summed E-state index contributed by atoms with van der Waals surface area (Å²) in [6.45, 7) is 3.72. The van der Waals surface area contributed by atoms with Crippen LogP contribution in [0.5, 0.6) is 5.75 Å². The summed E-state index contributed by atoms with van der Waals surface area (Å²) in [6.07, 6.45) is 0. The van der Waals surface area contributed by atoms with Crippen molar-refractivity contribution >= 4 is 28.4 Å². The van der Waals surface area contributed by atoms with Crippen LogP contribution in [0, 0.1) is 13.8 Å². The molecule has 4 rings (SSSR count). The first-order chi connectivity index (χ1) is 14.9. The van der Waals surface area contributed by atoms with Gasteiger partial charge >= 0.3 is 0 Å². The number of aromatic hydroxyl groups is 1. The summed E-state index contributed by atoms with van der Waals surface area (Å²) < 4.78 is 0. The largest absolute Gasteiger partial charge is 0.507 e. The van der Waals surface area contributed by atoms with Crippen molar-refractivity contribution in [2.24, 2.45) is 0 Å². The molecule has 2 heterocycles. The standard InChI is InChI=1S/C22H20N6O3/c1-12-9-13(2)25-22(24-12)26-14-7-8-18(29)16(10-14)20(30)23-11-19-27-17-6-4-3-5-15(17)21(31)28-19/h3-10,29H,11H2,1-2H3,(H,23,30)(H,24,25,26)(H,27,28,31). The first kappa shape index (κ1) is 20.0. The number of H-pyrrole nitrogens is 1. The Morgan fingerprint density at radius 3 is 2.55 bits per heavy atom. The number of para-hydroxylation sites is 1. The summed E-state index contributed by atoms with van der Waals surface area (Å²) in [5.41, 5.74) is 2.49. The van der Waals surface area contributed by atoms with E-state index in [1.807, 2.05) is 19.9 Å². The van der Waals surface area contributed by atoms with Gasteiger partial charge in [0.1, 0.15) is 11.6 Å². The van der Waals surface area contributed by atoms with E-state index in [-0.39, 0.29) is 23.4 Å². The Labute approximate surface area is 177 Å². The van der Waals surface area contributed by atoms with E-state index in [2.05, 4.69) is 30.6 Å². The molecule has 0 unspecified atom stereocenters. The van der Waals surface area contributed by atoms with Gasteiger partial charge in [0.2, 0.25) is 5.95 Å². The third kappa shape index (κ3) is 4.50. The van der Waals surface area contributed by atoms with Crippen LogP contribution in [0.3, 0.4) is 0 Å². The van der Waals surface area contributed by atoms with Gasteiger partial charge in [-0.15, -0.1) is 0 Å². The predicted molar refractivity (Wildman–Crippen MR) is 116 cm³/mol. The van der Waals surface area contributed by atoms with Gasteiger partial charge in [0.15, 0.2) is 0 Å². The van der Waals surface area contributed by atoms with Crippen molar-refractivity contribution in [2.45, 2.75) is 20.4 Å². The lowest BCUT2D eigenvalue weighted by atomic mass is 10.1. The Balaban J connectivity index is 1.52. The van der Waals surface area contributed by atoms with Crippen molar-refractivity contribution in [2.75, 3.05) is 5.32 Å². The lowest BCUT2D eigenvalue weighted by Crippen LogP contribution is -2.25. The zero-order valence-electron chi connectivity index (χ0n) is 16.9. The fourth-order valence-corrected chi connectivity index (χ4v) is 3.18. The SMILES string of the molecule is Cc1cc(C)nc(Nc2ccc(O)c(C(=O)NCc3nc4ccccc4c(=O)[nH]3)c2)n1. The number of fused-ring (bicyclic) bond motifs is 1. The second-order valence-electron chi connectivity index (χ2n) is 7.04. The quantitative estimate of drug-likeness (QED) is 0.368. The number of carbonyl (C=O) groups excluding carboxylic acids is 1. The van der Waals surface area contributed by atoms with Crippen molar-refractivity contribution < 1.29 is 9.90 Å². The minimum absolute atomic E-state index is 0.00378. The van der Waals surface area contributed by atoms with Crippen molar-refractivity contribution in [3.63, 3.8) is 0 Å². The van der Waals surface area contributed by atoms with Crippen LogP contribution < -0.4 is 16.2 Å². The monoisotopic (exact) mass is 416 g/mol. The molecule has 9 nitrogen and oxygen atoms in total. The summed E-state index contributed by atoms with van der Waals surface area (Å²) in [4.78, 5) is 40.4. The minimum Gasteiger partial charge on any atom is -0.507 e. The average Bonchev–Trinajstić information content (AvgIpc) is 2.73. The summed E-state index contributed by atoms with van der Waals surface area (Å²) in [6, 6.07) is 13.3. The van der Waals surface area contributed by atoms with Crippen LogP contribution in [0.1, 0.15) is 27.6 Å². The van der Waals surface area contributed by atoms with E-state index in [0.29, 0.717) is 28.4 Å². The minimum atomic E-state index is -0.515. The molecule has 2 aromatic heterocycles. The lowest BCUT2D eigenvalue weighted by Gasteiger charge is -2.11. The van der Waals surface area contributed by atoms with E-state index >= 15 is 0 Å². The van der Waals surface area contributed by atoms with Crippen LogP contribution in [0.25, 0.3) is 10.9 Å². The van der Waals surface area contributed by atoms with Gasteiger partial charge in [-0.05, 0) is 50.2 Å². The maximum absolute atomic E-state index is 12.7. The van der Waals surface area contributed by atoms with E-state index in [4.69, 9.17) is 0 Å². The molecule has 9 heteroatoms. The Kier molecular flexibility index (Phi) is 5.31. The van der Waals surface area contributed by atoms with Crippen LogP contribution in [0.15, 0.2) is 53.3 Å². The van der Waals surface area contributed by atoms with E-state index in [0.717, 1.165) is 11.4 Å². The molecule has 0 spiro atoms. The first-order valence-electron chi connectivity index (χ1n) is 9.57. The number of phenols is 1. The van der Waals surface area contributed by atoms with E-state index in [9.17, 15) is 14.7 Å². The van der Waals surface area contributed by atoms with Gasteiger partial charge < -0.3 is 20.7 Å². The highest BCUT2D eigenvalue weighted by Crippen LogP contribution is 2.23. The molecule has 0 radical (unpaired) electrons. The third-order valence-corrected chi connectivity index (χ3v) is 4.56. The van der Waals surface area contributed by atoms with E-state index < -0.39 is 5.91 Å². The molecule has 0 fully saturated rings. The van der Waals surface area contributed by atoms with Crippen LogP contribution in [0.2, 0.25) is 0 Å². The molecule has 2 aromatic carbocycles. The number of aromatic amines is 1. The topological polar surface area (TPSA) is 133 Å². The number of nitrogens with zero attached hydrogens (tertiary/aromatic N) is 3. The Hall–Kier alpha value is -4.27. The van der Waals surface area contributed by atoms with Crippen molar-refractivity contribution in [3.05, 3.63) is 81.7 Å². The highest BCUT2D eigenvalue weighted by Gasteiger charge is 2.14. The molecule has 1 amide bonds. The number of aromatic nitrogens is 4. The zero-order valence-corrected chi connectivity index (χ0v) is 16.9. The number of hydrogen-bond donors (Lipinski definition) is 4. The Morgan fingerprint density at radius 1 is 1.03 bits per heavy atom. The summed E-state index contributed by atoms with van der Waals surface area (Å²) in [5.74, 6) is 0.0181. The number of amides is 1. The number of anilines is 2. The average molecular weight is 416 g/mol. The highest BCUT2D eigenvalue weighted by molar-refractivity contribution is 5.97. The highest BCUT2D eigenvalue weighted by atomic mass is 16.3. The maximum Gasteiger partial charge on any atom is 0.258 e. The molecule has 31 heavy (non-hydrogen) atoms. The number of nitrogens with one attached hydrogen (secondary N) is 3. The molecule has 0 aliphatic rings. The molecule has 4 aromatic rings. The zero-order chi connectivity index (χ0) is 22.0. The number of benzene rings is 2. The summed E-state index contributed by atoms with van der Waals surface area (Å²) in [5, 5.41) is 16.3. The van der Waals surface area contributed by atoms with Crippen molar-refractivity contribution in [1.82, 2.24) is 25.3 Å². The number of carbonyl (C=O) groups is 1. The Morgan fingerprint density at radius 2 is 1.77 bits per heavy atom.